The van der Waals surface area contributed by atoms with Crippen LogP contribution in [0.5, 0.6) is 0 Å². The molecule has 0 bridgehead atoms. The van der Waals surface area contributed by atoms with Crippen LogP contribution in [0.4, 0.5) is 0 Å². The Morgan fingerprint density at radius 1 is 0.952 bits per heavy atom. The number of aliphatic hydroxyl groups excluding tert-OH is 3. The van der Waals surface area contributed by atoms with Gasteiger partial charge in [-0.25, -0.2) is 0 Å². The summed E-state index contributed by atoms with van der Waals surface area (Å²) >= 11 is 0. The average molecular weight is 290 g/mol. The van der Waals surface area contributed by atoms with Gasteiger partial charge in [0.1, 0.15) is 18.3 Å². The summed E-state index contributed by atoms with van der Waals surface area (Å²) in [5, 5.41) is 42.3. The molecule has 5 nitrogen and oxygen atoms in total. The highest BCUT2D eigenvalue weighted by Crippen LogP contribution is 2.39. The van der Waals surface area contributed by atoms with Crippen LogP contribution in [-0.2, 0) is 10.5 Å². The molecule has 2 aromatic carbocycles. The Hall–Kier alpha value is -1.50. The molecule has 4 N–H and O–H groups in total. The van der Waals surface area contributed by atoms with E-state index in [-0.39, 0.29) is 0 Å². The van der Waals surface area contributed by atoms with E-state index in [2.05, 4.69) is 0 Å². The molecule has 112 valence electrons. The summed E-state index contributed by atoms with van der Waals surface area (Å²) in [6.45, 7) is 1.54. The second-order valence-corrected chi connectivity index (χ2v) is 5.47. The van der Waals surface area contributed by atoms with Gasteiger partial charge in [0, 0.05) is 5.56 Å². The zero-order chi connectivity index (χ0) is 15.2. The van der Waals surface area contributed by atoms with Gasteiger partial charge >= 0.3 is 0 Å². The minimum Gasteiger partial charge on any atom is -0.388 e. The van der Waals surface area contributed by atoms with Crippen molar-refractivity contribution < 1.29 is 25.2 Å². The standard InChI is InChI=1S/C16H18O5/c1-9-13(17)14(18)15(19)16(20,21-9)12-8-4-6-10-5-2-3-7-11(10)12/h2-9,13-15,17-20H,1H3/t9-,13+,14+,15-,16+/m1/s1. The highest BCUT2D eigenvalue weighted by molar-refractivity contribution is 5.86. The Labute approximate surface area is 122 Å². The molecule has 1 heterocycles. The van der Waals surface area contributed by atoms with Gasteiger partial charge in [0.15, 0.2) is 0 Å². The summed E-state index contributed by atoms with van der Waals surface area (Å²) in [6, 6.07) is 12.6. The van der Waals surface area contributed by atoms with E-state index in [1.54, 1.807) is 18.2 Å². The van der Waals surface area contributed by atoms with Gasteiger partial charge in [-0.05, 0) is 17.7 Å². The van der Waals surface area contributed by atoms with E-state index in [0.29, 0.717) is 5.56 Å². The van der Waals surface area contributed by atoms with Crippen molar-refractivity contribution >= 4 is 10.8 Å². The Morgan fingerprint density at radius 3 is 2.38 bits per heavy atom. The van der Waals surface area contributed by atoms with Gasteiger partial charge in [0.05, 0.1) is 6.10 Å². The summed E-state index contributed by atoms with van der Waals surface area (Å²) in [4.78, 5) is 0. The molecule has 5 atom stereocenters. The lowest BCUT2D eigenvalue weighted by atomic mass is 9.86. The molecule has 1 saturated heterocycles. The third-order valence-corrected chi connectivity index (χ3v) is 4.10. The van der Waals surface area contributed by atoms with Crippen molar-refractivity contribution in [3.63, 3.8) is 0 Å². The molecule has 0 spiro atoms. The lowest BCUT2D eigenvalue weighted by Crippen LogP contribution is -2.62. The number of rotatable bonds is 1. The molecule has 1 aliphatic heterocycles. The van der Waals surface area contributed by atoms with Crippen molar-refractivity contribution in [2.45, 2.75) is 37.1 Å². The summed E-state index contributed by atoms with van der Waals surface area (Å²) < 4.78 is 5.46. The predicted molar refractivity (Wildman–Crippen MR) is 76.4 cm³/mol. The first-order chi connectivity index (χ1) is 9.95. The normalized spacial score (nSPS) is 36.8. The van der Waals surface area contributed by atoms with Crippen molar-refractivity contribution in [3.8, 4) is 0 Å². The summed E-state index contributed by atoms with van der Waals surface area (Å²) in [5.74, 6) is -2.07. The summed E-state index contributed by atoms with van der Waals surface area (Å²) in [7, 11) is 0. The number of benzene rings is 2. The first-order valence-electron chi connectivity index (χ1n) is 6.88. The topological polar surface area (TPSA) is 90.2 Å². The quantitative estimate of drug-likeness (QED) is 0.613. The molecule has 0 amide bonds. The molecule has 0 aromatic heterocycles. The lowest BCUT2D eigenvalue weighted by Gasteiger charge is -2.45. The summed E-state index contributed by atoms with van der Waals surface area (Å²) in [5.41, 5.74) is 0.367. The fourth-order valence-corrected chi connectivity index (χ4v) is 2.88. The molecule has 1 aliphatic rings. The van der Waals surface area contributed by atoms with Crippen LogP contribution in [0.25, 0.3) is 10.8 Å². The minimum atomic E-state index is -2.07. The highest BCUT2D eigenvalue weighted by Gasteiger charge is 2.52. The van der Waals surface area contributed by atoms with E-state index >= 15 is 0 Å². The van der Waals surface area contributed by atoms with Crippen molar-refractivity contribution in [2.75, 3.05) is 0 Å². The van der Waals surface area contributed by atoms with Crippen molar-refractivity contribution in [1.82, 2.24) is 0 Å². The molecule has 3 rings (SSSR count). The van der Waals surface area contributed by atoms with Gasteiger partial charge in [-0.15, -0.1) is 0 Å². The molecule has 5 heteroatoms. The maximum absolute atomic E-state index is 10.8. The molecule has 2 aromatic rings. The third kappa shape index (κ3) is 2.14. The number of hydrogen-bond donors (Lipinski definition) is 4. The molecule has 0 radical (unpaired) electrons. The number of fused-ring (bicyclic) bond motifs is 1. The van der Waals surface area contributed by atoms with Crippen LogP contribution in [0.3, 0.4) is 0 Å². The van der Waals surface area contributed by atoms with Crippen LogP contribution in [0.15, 0.2) is 42.5 Å². The van der Waals surface area contributed by atoms with Gasteiger partial charge in [0.2, 0.25) is 5.79 Å². The summed E-state index contributed by atoms with van der Waals surface area (Å²) in [6.07, 6.45) is -5.20. The fraction of sp³-hybridized carbons (Fsp3) is 0.375. The van der Waals surface area contributed by atoms with Crippen LogP contribution in [0.2, 0.25) is 0 Å². The molecule has 0 aliphatic carbocycles. The van der Waals surface area contributed by atoms with E-state index in [1.807, 2.05) is 24.3 Å². The SMILES string of the molecule is C[C@H]1O[C@@](O)(c2cccc3ccccc23)[C@H](O)[C@@H](O)[C@H]1O. The van der Waals surface area contributed by atoms with Crippen molar-refractivity contribution in [3.05, 3.63) is 48.0 Å². The van der Waals surface area contributed by atoms with E-state index in [9.17, 15) is 20.4 Å². The van der Waals surface area contributed by atoms with Crippen LogP contribution < -0.4 is 0 Å². The zero-order valence-electron chi connectivity index (χ0n) is 11.5. The molecular weight excluding hydrogens is 272 g/mol. The second-order valence-electron chi connectivity index (χ2n) is 5.47. The number of aliphatic hydroxyl groups is 4. The van der Waals surface area contributed by atoms with Gasteiger partial charge in [-0.3, -0.25) is 0 Å². The Bertz CT molecular complexity index is 653. The molecular formula is C16H18O5. The molecule has 0 saturated carbocycles. The molecule has 1 fully saturated rings. The minimum absolute atomic E-state index is 0.367. The average Bonchev–Trinajstić information content (AvgIpc) is 2.50. The van der Waals surface area contributed by atoms with Gasteiger partial charge in [-0.1, -0.05) is 42.5 Å². The zero-order valence-corrected chi connectivity index (χ0v) is 11.5. The third-order valence-electron chi connectivity index (χ3n) is 4.10. The fourth-order valence-electron chi connectivity index (χ4n) is 2.88. The van der Waals surface area contributed by atoms with Crippen LogP contribution >= 0.6 is 0 Å². The van der Waals surface area contributed by atoms with Crippen LogP contribution in [0.1, 0.15) is 12.5 Å². The molecule has 21 heavy (non-hydrogen) atoms. The van der Waals surface area contributed by atoms with Gasteiger partial charge in [0.25, 0.3) is 0 Å². The Morgan fingerprint density at radius 2 is 1.62 bits per heavy atom. The first kappa shape index (κ1) is 14.4. The van der Waals surface area contributed by atoms with Gasteiger partial charge in [-0.2, -0.15) is 0 Å². The largest absolute Gasteiger partial charge is 0.388 e. The maximum Gasteiger partial charge on any atom is 0.223 e. The van der Waals surface area contributed by atoms with Crippen LogP contribution in [0, 0.1) is 0 Å². The van der Waals surface area contributed by atoms with E-state index < -0.39 is 30.2 Å². The lowest BCUT2D eigenvalue weighted by molar-refractivity contribution is -0.350. The molecule has 0 unspecified atom stereocenters. The predicted octanol–water partition coefficient (Wildman–Crippen LogP) is 0.486. The van der Waals surface area contributed by atoms with E-state index in [1.165, 1.54) is 6.92 Å². The van der Waals surface area contributed by atoms with Gasteiger partial charge < -0.3 is 25.2 Å². The number of hydrogen-bond acceptors (Lipinski definition) is 5. The van der Waals surface area contributed by atoms with Crippen molar-refractivity contribution in [2.24, 2.45) is 0 Å². The monoisotopic (exact) mass is 290 g/mol. The number of ether oxygens (including phenoxy) is 1. The maximum atomic E-state index is 10.8. The van der Waals surface area contributed by atoms with E-state index in [4.69, 9.17) is 4.74 Å². The Balaban J connectivity index is 2.16. The highest BCUT2D eigenvalue weighted by atomic mass is 16.7. The second kappa shape index (κ2) is 5.05. The Kier molecular flexibility index (Phi) is 3.47. The smallest absolute Gasteiger partial charge is 0.223 e. The first-order valence-corrected chi connectivity index (χ1v) is 6.88. The van der Waals surface area contributed by atoms with Crippen molar-refractivity contribution in [1.29, 1.82) is 0 Å². The van der Waals surface area contributed by atoms with Crippen LogP contribution in [-0.4, -0.2) is 44.8 Å². The van der Waals surface area contributed by atoms with E-state index in [0.717, 1.165) is 10.8 Å².